The number of urea groups is 1. The van der Waals surface area contributed by atoms with E-state index in [-0.39, 0.29) is 18.0 Å². The molecular weight excluding hydrogens is 304 g/mol. The first-order chi connectivity index (χ1) is 11.7. The van der Waals surface area contributed by atoms with Gasteiger partial charge in [-0.1, -0.05) is 36.4 Å². The quantitative estimate of drug-likeness (QED) is 0.884. The zero-order valence-electron chi connectivity index (χ0n) is 13.9. The molecule has 5 heteroatoms. The number of rotatable bonds is 5. The summed E-state index contributed by atoms with van der Waals surface area (Å²) < 4.78 is 10.9. The average Bonchev–Trinajstić information content (AvgIpc) is 3.01. The molecule has 5 nitrogen and oxygen atoms in total. The molecule has 0 aromatic heterocycles. The van der Waals surface area contributed by atoms with Gasteiger partial charge in [-0.25, -0.2) is 4.79 Å². The number of ether oxygens (including phenoxy) is 2. The van der Waals surface area contributed by atoms with Gasteiger partial charge in [0.05, 0.1) is 13.2 Å². The van der Waals surface area contributed by atoms with Gasteiger partial charge in [0, 0.05) is 35.9 Å². The zero-order valence-corrected chi connectivity index (χ0v) is 13.9. The van der Waals surface area contributed by atoms with Crippen molar-refractivity contribution in [3.05, 3.63) is 59.7 Å². The lowest BCUT2D eigenvalue weighted by molar-refractivity contribution is 0.185. The fourth-order valence-corrected chi connectivity index (χ4v) is 2.99. The summed E-state index contributed by atoms with van der Waals surface area (Å²) in [7, 11) is 1.64. The van der Waals surface area contributed by atoms with Crippen molar-refractivity contribution in [3.63, 3.8) is 0 Å². The average molecular weight is 326 g/mol. The maximum Gasteiger partial charge on any atom is 0.319 e. The number of amides is 2. The topological polar surface area (TPSA) is 59.6 Å². The van der Waals surface area contributed by atoms with Crippen LogP contribution in [0.2, 0.25) is 0 Å². The number of fused-ring (bicyclic) bond motifs is 1. The van der Waals surface area contributed by atoms with Crippen molar-refractivity contribution in [2.45, 2.75) is 25.5 Å². The minimum Gasteiger partial charge on any atom is -0.493 e. The van der Waals surface area contributed by atoms with E-state index in [2.05, 4.69) is 16.7 Å². The molecule has 1 aliphatic rings. The van der Waals surface area contributed by atoms with Gasteiger partial charge in [0.15, 0.2) is 0 Å². The summed E-state index contributed by atoms with van der Waals surface area (Å²) in [5, 5.41) is 5.91. The lowest BCUT2D eigenvalue weighted by atomic mass is 9.94. The van der Waals surface area contributed by atoms with Crippen LogP contribution in [-0.2, 0) is 11.3 Å². The van der Waals surface area contributed by atoms with Gasteiger partial charge >= 0.3 is 6.03 Å². The molecule has 1 aliphatic heterocycles. The van der Waals surface area contributed by atoms with E-state index in [1.165, 1.54) is 0 Å². The van der Waals surface area contributed by atoms with Crippen LogP contribution >= 0.6 is 0 Å². The lowest BCUT2D eigenvalue weighted by Crippen LogP contribution is -2.40. The predicted molar refractivity (Wildman–Crippen MR) is 93.4 cm³/mol. The van der Waals surface area contributed by atoms with Gasteiger partial charge in [0.1, 0.15) is 5.75 Å². The number of anilines is 1. The number of benzene rings is 2. The molecule has 0 unspecified atom stereocenters. The van der Waals surface area contributed by atoms with Crippen LogP contribution in [0.25, 0.3) is 0 Å². The highest BCUT2D eigenvalue weighted by Crippen LogP contribution is 2.35. The van der Waals surface area contributed by atoms with Crippen molar-refractivity contribution in [1.29, 1.82) is 0 Å². The van der Waals surface area contributed by atoms with Gasteiger partial charge in [0.25, 0.3) is 0 Å². The number of hydrogen-bond donors (Lipinski definition) is 2. The molecule has 24 heavy (non-hydrogen) atoms. The Kier molecular flexibility index (Phi) is 5.01. The van der Waals surface area contributed by atoms with E-state index in [0.717, 1.165) is 22.6 Å². The van der Waals surface area contributed by atoms with Crippen LogP contribution in [0.4, 0.5) is 10.5 Å². The maximum atomic E-state index is 12.3. The first kappa shape index (κ1) is 16.3. The van der Waals surface area contributed by atoms with Crippen molar-refractivity contribution in [2.75, 3.05) is 19.0 Å². The maximum absolute atomic E-state index is 12.3. The Balaban J connectivity index is 1.63. The molecule has 2 atom stereocenters. The van der Waals surface area contributed by atoms with Gasteiger partial charge in [-0.2, -0.15) is 0 Å². The van der Waals surface area contributed by atoms with Gasteiger partial charge in [0.2, 0.25) is 0 Å². The highest BCUT2D eigenvalue weighted by molar-refractivity contribution is 5.90. The summed E-state index contributed by atoms with van der Waals surface area (Å²) in [5.41, 5.74) is 2.84. The monoisotopic (exact) mass is 326 g/mol. The van der Waals surface area contributed by atoms with Crippen molar-refractivity contribution >= 4 is 11.7 Å². The van der Waals surface area contributed by atoms with E-state index in [9.17, 15) is 4.79 Å². The summed E-state index contributed by atoms with van der Waals surface area (Å²) in [5.74, 6) is 1.06. The summed E-state index contributed by atoms with van der Waals surface area (Å²) in [6.07, 6.45) is 0. The predicted octanol–water partition coefficient (Wildman–Crippen LogP) is 3.52. The van der Waals surface area contributed by atoms with Crippen molar-refractivity contribution in [1.82, 2.24) is 5.32 Å². The molecule has 2 aromatic carbocycles. The lowest BCUT2D eigenvalue weighted by Gasteiger charge is -2.20. The van der Waals surface area contributed by atoms with E-state index in [1.807, 2.05) is 49.4 Å². The highest BCUT2D eigenvalue weighted by atomic mass is 16.5. The molecule has 0 fully saturated rings. The number of hydrogen-bond acceptors (Lipinski definition) is 3. The van der Waals surface area contributed by atoms with Gasteiger partial charge in [-0.15, -0.1) is 0 Å². The largest absolute Gasteiger partial charge is 0.493 e. The molecule has 1 heterocycles. The standard InChI is InChI=1S/C19H22N2O3/c1-13(16-12-24-18-10-6-4-8-15(16)18)20-19(22)21-17-9-5-3-7-14(17)11-23-2/h3-10,13,16H,11-12H2,1-2H3,(H2,20,21,22)/t13-,16-/m1/s1. The molecule has 2 aromatic rings. The SMILES string of the molecule is COCc1ccccc1NC(=O)N[C@H](C)[C@H]1COc2ccccc21. The van der Waals surface area contributed by atoms with E-state index in [1.54, 1.807) is 7.11 Å². The van der Waals surface area contributed by atoms with Crippen molar-refractivity contribution < 1.29 is 14.3 Å². The van der Waals surface area contributed by atoms with Crippen LogP contribution in [0.1, 0.15) is 24.0 Å². The zero-order chi connectivity index (χ0) is 16.9. The van der Waals surface area contributed by atoms with Gasteiger partial charge in [-0.05, 0) is 19.1 Å². The van der Waals surface area contributed by atoms with E-state index < -0.39 is 0 Å². The summed E-state index contributed by atoms with van der Waals surface area (Å²) >= 11 is 0. The van der Waals surface area contributed by atoms with Crippen LogP contribution in [0.15, 0.2) is 48.5 Å². The molecule has 0 bridgehead atoms. The smallest absolute Gasteiger partial charge is 0.319 e. The summed E-state index contributed by atoms with van der Waals surface area (Å²) in [4.78, 5) is 12.3. The summed E-state index contributed by atoms with van der Waals surface area (Å²) in [6, 6.07) is 15.3. The molecule has 0 saturated heterocycles. The molecule has 0 spiro atoms. The summed E-state index contributed by atoms with van der Waals surface area (Å²) in [6.45, 7) is 3.04. The fraction of sp³-hybridized carbons (Fsp3) is 0.316. The Bertz CT molecular complexity index is 717. The second kappa shape index (κ2) is 7.36. The molecule has 0 radical (unpaired) electrons. The molecule has 126 valence electrons. The third-order valence-corrected chi connectivity index (χ3v) is 4.26. The van der Waals surface area contributed by atoms with E-state index in [4.69, 9.17) is 9.47 Å². The molecule has 2 N–H and O–H groups in total. The number of carbonyl (C=O) groups excluding carboxylic acids is 1. The van der Waals surface area contributed by atoms with Crippen molar-refractivity contribution in [2.24, 2.45) is 0 Å². The minimum absolute atomic E-state index is 0.0387. The van der Waals surface area contributed by atoms with Crippen LogP contribution in [0.5, 0.6) is 5.75 Å². The van der Waals surface area contributed by atoms with Crippen LogP contribution in [0, 0.1) is 0 Å². The van der Waals surface area contributed by atoms with E-state index in [0.29, 0.717) is 13.2 Å². The fourth-order valence-electron chi connectivity index (χ4n) is 2.99. The first-order valence-electron chi connectivity index (χ1n) is 8.05. The highest BCUT2D eigenvalue weighted by Gasteiger charge is 2.29. The van der Waals surface area contributed by atoms with Gasteiger partial charge in [-0.3, -0.25) is 0 Å². The molecule has 0 saturated carbocycles. The molecule has 0 aliphatic carbocycles. The number of carbonyl (C=O) groups is 1. The second-order valence-corrected chi connectivity index (χ2v) is 5.93. The van der Waals surface area contributed by atoms with Crippen LogP contribution < -0.4 is 15.4 Å². The number of nitrogens with one attached hydrogen (secondary N) is 2. The number of methoxy groups -OCH3 is 1. The normalized spacial score (nSPS) is 16.8. The Labute approximate surface area is 142 Å². The van der Waals surface area contributed by atoms with Crippen LogP contribution in [-0.4, -0.2) is 25.8 Å². The second-order valence-electron chi connectivity index (χ2n) is 5.93. The Morgan fingerprint density at radius 3 is 2.83 bits per heavy atom. The Hall–Kier alpha value is -2.53. The third kappa shape index (κ3) is 3.51. The first-order valence-corrected chi connectivity index (χ1v) is 8.05. The number of para-hydroxylation sites is 2. The van der Waals surface area contributed by atoms with E-state index >= 15 is 0 Å². The Morgan fingerprint density at radius 2 is 2.00 bits per heavy atom. The van der Waals surface area contributed by atoms with Crippen molar-refractivity contribution in [3.8, 4) is 5.75 Å². The molecular formula is C19H22N2O3. The molecule has 2 amide bonds. The third-order valence-electron chi connectivity index (χ3n) is 4.26. The van der Waals surface area contributed by atoms with Gasteiger partial charge < -0.3 is 20.1 Å². The Morgan fingerprint density at radius 1 is 1.25 bits per heavy atom. The minimum atomic E-state index is -0.226. The molecule has 3 rings (SSSR count). The van der Waals surface area contributed by atoms with Crippen LogP contribution in [0.3, 0.4) is 0 Å².